The molecule has 19 heavy (non-hydrogen) atoms. The Bertz CT molecular complexity index is 554. The highest BCUT2D eigenvalue weighted by Gasteiger charge is 2.03. The van der Waals surface area contributed by atoms with Gasteiger partial charge in [0.15, 0.2) is 0 Å². The van der Waals surface area contributed by atoms with Crippen LogP contribution in [0.3, 0.4) is 0 Å². The van der Waals surface area contributed by atoms with Crippen molar-refractivity contribution in [3.63, 3.8) is 0 Å². The predicted octanol–water partition coefficient (Wildman–Crippen LogP) is 4.15. The lowest BCUT2D eigenvalue weighted by atomic mass is 10.1. The fraction of sp³-hybridized carbons (Fsp3) is 0.250. The number of nitrogens with one attached hydrogen (secondary N) is 1. The van der Waals surface area contributed by atoms with Crippen LogP contribution in [0.15, 0.2) is 47.4 Å². The Morgan fingerprint density at radius 2 is 1.95 bits per heavy atom. The number of hydrogen-bond donors (Lipinski definition) is 1. The van der Waals surface area contributed by atoms with E-state index in [2.05, 4.69) is 24.4 Å². The van der Waals surface area contributed by atoms with Crippen LogP contribution < -0.4 is 5.32 Å². The highest BCUT2D eigenvalue weighted by Crippen LogP contribution is 2.26. The molecule has 0 bridgehead atoms. The molecule has 2 aromatic carbocycles. The van der Waals surface area contributed by atoms with E-state index < -0.39 is 0 Å². The second-order valence-electron chi connectivity index (χ2n) is 4.54. The molecule has 0 aromatic heterocycles. The zero-order valence-electron chi connectivity index (χ0n) is 11.2. The van der Waals surface area contributed by atoms with E-state index in [4.69, 9.17) is 0 Å². The maximum absolute atomic E-state index is 13.5. The van der Waals surface area contributed by atoms with Crippen LogP contribution in [-0.4, -0.2) is 7.05 Å². The van der Waals surface area contributed by atoms with Gasteiger partial charge in [-0.15, -0.1) is 11.8 Å². The molecule has 0 aliphatic rings. The predicted molar refractivity (Wildman–Crippen MR) is 79.9 cm³/mol. The molecule has 0 unspecified atom stereocenters. The first-order valence-corrected chi connectivity index (χ1v) is 7.29. The smallest absolute Gasteiger partial charge is 0.124 e. The standard InChI is InChI=1S/C16H18FNS/c1-12-5-3-4-6-14(12)11-19-16-8-13(10-18-2)7-15(17)9-16/h3-9,18H,10-11H2,1-2H3. The molecule has 0 amide bonds. The monoisotopic (exact) mass is 275 g/mol. The van der Waals surface area contributed by atoms with E-state index in [1.807, 2.05) is 25.2 Å². The van der Waals surface area contributed by atoms with Crippen molar-refractivity contribution in [1.29, 1.82) is 0 Å². The molecular formula is C16H18FNS. The fourth-order valence-electron chi connectivity index (χ4n) is 1.94. The Kier molecular flexibility index (Phi) is 5.00. The summed E-state index contributed by atoms with van der Waals surface area (Å²) in [5, 5.41) is 3.05. The quantitative estimate of drug-likeness (QED) is 0.823. The van der Waals surface area contributed by atoms with E-state index in [-0.39, 0.29) is 5.82 Å². The molecule has 0 aliphatic heterocycles. The summed E-state index contributed by atoms with van der Waals surface area (Å²) in [6.07, 6.45) is 0. The van der Waals surface area contributed by atoms with Gasteiger partial charge in [0.1, 0.15) is 5.82 Å². The van der Waals surface area contributed by atoms with Crippen molar-refractivity contribution < 1.29 is 4.39 Å². The number of hydrogen-bond acceptors (Lipinski definition) is 2. The van der Waals surface area contributed by atoms with Crippen molar-refractivity contribution >= 4 is 11.8 Å². The Hall–Kier alpha value is -1.32. The second-order valence-corrected chi connectivity index (χ2v) is 5.59. The molecule has 0 saturated carbocycles. The van der Waals surface area contributed by atoms with E-state index in [1.165, 1.54) is 11.1 Å². The average molecular weight is 275 g/mol. The molecule has 2 rings (SSSR count). The second kappa shape index (κ2) is 6.73. The van der Waals surface area contributed by atoms with E-state index in [0.717, 1.165) is 16.2 Å². The van der Waals surface area contributed by atoms with Gasteiger partial charge in [0, 0.05) is 17.2 Å². The summed E-state index contributed by atoms with van der Waals surface area (Å²) in [6, 6.07) is 13.5. The molecular weight excluding hydrogens is 257 g/mol. The lowest BCUT2D eigenvalue weighted by Gasteiger charge is -2.07. The number of benzene rings is 2. The van der Waals surface area contributed by atoms with Gasteiger partial charge in [-0.1, -0.05) is 24.3 Å². The summed E-state index contributed by atoms with van der Waals surface area (Å²) >= 11 is 1.67. The maximum atomic E-state index is 13.5. The highest BCUT2D eigenvalue weighted by molar-refractivity contribution is 7.98. The molecule has 0 heterocycles. The first kappa shape index (κ1) is 14.1. The van der Waals surface area contributed by atoms with Crippen molar-refractivity contribution in [3.8, 4) is 0 Å². The van der Waals surface area contributed by atoms with Crippen LogP contribution in [0.5, 0.6) is 0 Å². The minimum absolute atomic E-state index is 0.167. The molecule has 0 saturated heterocycles. The third kappa shape index (κ3) is 4.08. The van der Waals surface area contributed by atoms with Crippen LogP contribution in [0.1, 0.15) is 16.7 Å². The molecule has 1 nitrogen and oxygen atoms in total. The Morgan fingerprint density at radius 3 is 2.68 bits per heavy atom. The van der Waals surface area contributed by atoms with Crippen LogP contribution in [0.25, 0.3) is 0 Å². The first-order valence-electron chi connectivity index (χ1n) is 6.30. The van der Waals surface area contributed by atoms with Crippen LogP contribution >= 0.6 is 11.8 Å². The summed E-state index contributed by atoms with van der Waals surface area (Å²) in [6.45, 7) is 2.80. The van der Waals surface area contributed by atoms with Gasteiger partial charge in [0.2, 0.25) is 0 Å². The molecule has 3 heteroatoms. The Labute approximate surface area is 118 Å². The SMILES string of the molecule is CNCc1cc(F)cc(SCc2ccccc2C)c1. The molecule has 100 valence electrons. The number of rotatable bonds is 5. The summed E-state index contributed by atoms with van der Waals surface area (Å²) in [4.78, 5) is 0.980. The van der Waals surface area contributed by atoms with Crippen LogP contribution in [0.4, 0.5) is 4.39 Å². The van der Waals surface area contributed by atoms with Gasteiger partial charge in [-0.3, -0.25) is 0 Å². The minimum Gasteiger partial charge on any atom is -0.316 e. The van der Waals surface area contributed by atoms with E-state index in [9.17, 15) is 4.39 Å². The molecule has 0 atom stereocenters. The third-order valence-corrected chi connectivity index (χ3v) is 3.99. The summed E-state index contributed by atoms with van der Waals surface area (Å²) in [7, 11) is 1.87. The number of halogens is 1. The fourth-order valence-corrected chi connectivity index (χ4v) is 3.02. The average Bonchev–Trinajstić information content (AvgIpc) is 2.37. The van der Waals surface area contributed by atoms with Crippen molar-refractivity contribution in [2.75, 3.05) is 7.05 Å². The molecule has 1 N–H and O–H groups in total. The van der Waals surface area contributed by atoms with Crippen molar-refractivity contribution in [2.45, 2.75) is 24.1 Å². The van der Waals surface area contributed by atoms with Gasteiger partial charge in [-0.2, -0.15) is 0 Å². The maximum Gasteiger partial charge on any atom is 0.124 e. The number of thioether (sulfide) groups is 1. The van der Waals surface area contributed by atoms with Gasteiger partial charge in [0.25, 0.3) is 0 Å². The lowest BCUT2D eigenvalue weighted by molar-refractivity contribution is 0.619. The summed E-state index contributed by atoms with van der Waals surface area (Å²) < 4.78 is 13.5. The van der Waals surface area contributed by atoms with Gasteiger partial charge in [-0.25, -0.2) is 4.39 Å². The summed E-state index contributed by atoms with van der Waals surface area (Å²) in [5.41, 5.74) is 3.56. The minimum atomic E-state index is -0.167. The van der Waals surface area contributed by atoms with Gasteiger partial charge in [-0.05, 0) is 48.9 Å². The van der Waals surface area contributed by atoms with E-state index in [0.29, 0.717) is 6.54 Å². The normalized spacial score (nSPS) is 10.7. The van der Waals surface area contributed by atoms with Crippen LogP contribution in [0.2, 0.25) is 0 Å². The van der Waals surface area contributed by atoms with E-state index >= 15 is 0 Å². The van der Waals surface area contributed by atoms with Crippen molar-refractivity contribution in [2.24, 2.45) is 0 Å². The molecule has 0 spiro atoms. The van der Waals surface area contributed by atoms with E-state index in [1.54, 1.807) is 23.9 Å². The van der Waals surface area contributed by atoms with Gasteiger partial charge >= 0.3 is 0 Å². The molecule has 0 radical (unpaired) electrons. The topological polar surface area (TPSA) is 12.0 Å². The zero-order valence-corrected chi connectivity index (χ0v) is 12.1. The third-order valence-electron chi connectivity index (χ3n) is 2.97. The van der Waals surface area contributed by atoms with Gasteiger partial charge in [0.05, 0.1) is 0 Å². The van der Waals surface area contributed by atoms with Crippen LogP contribution in [-0.2, 0) is 12.3 Å². The summed E-state index contributed by atoms with van der Waals surface area (Å²) in [5.74, 6) is 0.704. The highest BCUT2D eigenvalue weighted by atomic mass is 32.2. The molecule has 0 aliphatic carbocycles. The van der Waals surface area contributed by atoms with Gasteiger partial charge < -0.3 is 5.32 Å². The first-order chi connectivity index (χ1) is 9.19. The lowest BCUT2D eigenvalue weighted by Crippen LogP contribution is -2.05. The number of aryl methyl sites for hydroxylation is 1. The van der Waals surface area contributed by atoms with Crippen LogP contribution in [0, 0.1) is 12.7 Å². The molecule has 2 aromatic rings. The Balaban J connectivity index is 2.09. The Morgan fingerprint density at radius 1 is 1.16 bits per heavy atom. The largest absolute Gasteiger partial charge is 0.316 e. The molecule has 0 fully saturated rings. The zero-order chi connectivity index (χ0) is 13.7. The van der Waals surface area contributed by atoms with Crippen molar-refractivity contribution in [1.82, 2.24) is 5.32 Å². The van der Waals surface area contributed by atoms with Crippen molar-refractivity contribution in [3.05, 3.63) is 65.0 Å².